The summed E-state index contributed by atoms with van der Waals surface area (Å²) in [5, 5.41) is 5.53. The number of unbranched alkanes of at least 4 members (excludes halogenated alkanes) is 2. The Morgan fingerprint density at radius 1 is 1.13 bits per heavy atom. The van der Waals surface area contributed by atoms with Crippen molar-refractivity contribution in [1.82, 2.24) is 10.6 Å². The smallest absolute Gasteiger partial charge is 0.408 e. The highest BCUT2D eigenvalue weighted by Crippen LogP contribution is 2.15. The molecule has 0 aliphatic rings. The molecule has 1 aromatic carbocycles. The van der Waals surface area contributed by atoms with Crippen molar-refractivity contribution in [3.8, 4) is 0 Å². The van der Waals surface area contributed by atoms with Gasteiger partial charge in [0.1, 0.15) is 11.6 Å². The SMILES string of the molecule is CCCCCNC(=O)C(NC(=O)OC(C)(C)C)c1ccccc1. The molecule has 1 atom stereocenters. The van der Waals surface area contributed by atoms with Gasteiger partial charge in [-0.05, 0) is 32.8 Å². The lowest BCUT2D eigenvalue weighted by Crippen LogP contribution is -2.42. The van der Waals surface area contributed by atoms with E-state index in [-0.39, 0.29) is 5.91 Å². The highest BCUT2D eigenvalue weighted by Gasteiger charge is 2.25. The summed E-state index contributed by atoms with van der Waals surface area (Å²) >= 11 is 0. The third-order valence-corrected chi connectivity index (χ3v) is 3.14. The molecule has 1 aromatic rings. The molecule has 0 radical (unpaired) electrons. The average molecular weight is 320 g/mol. The monoisotopic (exact) mass is 320 g/mol. The first-order valence-corrected chi connectivity index (χ1v) is 8.15. The molecule has 0 aliphatic heterocycles. The molecule has 2 N–H and O–H groups in total. The Hall–Kier alpha value is -2.04. The van der Waals surface area contributed by atoms with Crippen molar-refractivity contribution in [2.45, 2.75) is 58.6 Å². The predicted octanol–water partition coefficient (Wildman–Crippen LogP) is 3.56. The van der Waals surface area contributed by atoms with Crippen molar-refractivity contribution >= 4 is 12.0 Å². The molecule has 2 amide bonds. The fourth-order valence-corrected chi connectivity index (χ4v) is 2.06. The zero-order chi connectivity index (χ0) is 17.3. The van der Waals surface area contributed by atoms with Crippen molar-refractivity contribution in [1.29, 1.82) is 0 Å². The first-order chi connectivity index (χ1) is 10.8. The Labute approximate surface area is 138 Å². The Morgan fingerprint density at radius 3 is 2.35 bits per heavy atom. The van der Waals surface area contributed by atoms with Crippen molar-refractivity contribution in [3.63, 3.8) is 0 Å². The van der Waals surface area contributed by atoms with E-state index in [4.69, 9.17) is 4.74 Å². The van der Waals surface area contributed by atoms with E-state index in [1.165, 1.54) is 0 Å². The van der Waals surface area contributed by atoms with E-state index in [0.29, 0.717) is 6.54 Å². The van der Waals surface area contributed by atoms with E-state index in [0.717, 1.165) is 24.8 Å². The van der Waals surface area contributed by atoms with E-state index in [1.54, 1.807) is 20.8 Å². The van der Waals surface area contributed by atoms with Gasteiger partial charge in [0.25, 0.3) is 0 Å². The van der Waals surface area contributed by atoms with Crippen molar-refractivity contribution in [2.24, 2.45) is 0 Å². The molecular weight excluding hydrogens is 292 g/mol. The summed E-state index contributed by atoms with van der Waals surface area (Å²) in [6.45, 7) is 8.07. The van der Waals surface area contributed by atoms with Crippen LogP contribution in [0.25, 0.3) is 0 Å². The molecule has 0 aliphatic carbocycles. The van der Waals surface area contributed by atoms with Gasteiger partial charge in [-0.25, -0.2) is 4.79 Å². The number of hydrogen-bond donors (Lipinski definition) is 2. The topological polar surface area (TPSA) is 67.4 Å². The number of benzene rings is 1. The van der Waals surface area contributed by atoms with Crippen LogP contribution in [0.1, 0.15) is 58.6 Å². The molecule has 0 saturated carbocycles. The van der Waals surface area contributed by atoms with Gasteiger partial charge in [-0.1, -0.05) is 50.1 Å². The number of hydrogen-bond acceptors (Lipinski definition) is 3. The lowest BCUT2D eigenvalue weighted by molar-refractivity contribution is -0.123. The third kappa shape index (κ3) is 7.68. The molecule has 0 heterocycles. The standard InChI is InChI=1S/C18H28N2O3/c1-5-6-10-13-19-16(21)15(14-11-8-7-9-12-14)20-17(22)23-18(2,3)4/h7-9,11-12,15H,5-6,10,13H2,1-4H3,(H,19,21)(H,20,22). The fraction of sp³-hybridized carbons (Fsp3) is 0.556. The van der Waals surface area contributed by atoms with Gasteiger partial charge in [-0.2, -0.15) is 0 Å². The number of rotatable bonds is 7. The summed E-state index contributed by atoms with van der Waals surface area (Å²) in [4.78, 5) is 24.4. The molecule has 0 fully saturated rings. The van der Waals surface area contributed by atoms with Gasteiger partial charge in [0.2, 0.25) is 5.91 Å². The van der Waals surface area contributed by atoms with Gasteiger partial charge >= 0.3 is 6.09 Å². The predicted molar refractivity (Wildman–Crippen MR) is 91.1 cm³/mol. The summed E-state index contributed by atoms with van der Waals surface area (Å²) < 4.78 is 5.25. The molecule has 1 unspecified atom stereocenters. The summed E-state index contributed by atoms with van der Waals surface area (Å²) in [7, 11) is 0. The fourth-order valence-electron chi connectivity index (χ4n) is 2.06. The van der Waals surface area contributed by atoms with Crippen molar-refractivity contribution < 1.29 is 14.3 Å². The zero-order valence-electron chi connectivity index (χ0n) is 14.5. The van der Waals surface area contributed by atoms with Crippen LogP contribution in [0.5, 0.6) is 0 Å². The van der Waals surface area contributed by atoms with Gasteiger partial charge in [-0.15, -0.1) is 0 Å². The molecule has 128 valence electrons. The van der Waals surface area contributed by atoms with Gasteiger partial charge < -0.3 is 15.4 Å². The first kappa shape index (κ1) is 19.0. The Morgan fingerprint density at radius 2 is 1.78 bits per heavy atom. The average Bonchev–Trinajstić information content (AvgIpc) is 2.48. The molecule has 1 rings (SSSR count). The largest absolute Gasteiger partial charge is 0.444 e. The molecular formula is C18H28N2O3. The number of nitrogens with one attached hydrogen (secondary N) is 2. The summed E-state index contributed by atoms with van der Waals surface area (Å²) in [5.41, 5.74) is 0.120. The minimum atomic E-state index is -0.757. The van der Waals surface area contributed by atoms with Crippen LogP contribution in [0.4, 0.5) is 4.79 Å². The quantitative estimate of drug-likeness (QED) is 0.755. The van der Waals surface area contributed by atoms with Crippen LogP contribution >= 0.6 is 0 Å². The summed E-state index contributed by atoms with van der Waals surface area (Å²) in [6.07, 6.45) is 2.48. The van der Waals surface area contributed by atoms with Gasteiger partial charge in [-0.3, -0.25) is 4.79 Å². The zero-order valence-corrected chi connectivity index (χ0v) is 14.5. The maximum Gasteiger partial charge on any atom is 0.408 e. The normalized spacial score (nSPS) is 12.3. The van der Waals surface area contributed by atoms with Gasteiger partial charge in [0.15, 0.2) is 0 Å². The molecule has 0 saturated heterocycles. The van der Waals surface area contributed by atoms with E-state index in [2.05, 4.69) is 17.6 Å². The second kappa shape index (κ2) is 9.18. The third-order valence-electron chi connectivity index (χ3n) is 3.14. The minimum absolute atomic E-state index is 0.224. The van der Waals surface area contributed by atoms with Crippen molar-refractivity contribution in [2.75, 3.05) is 6.54 Å². The maximum atomic E-state index is 12.4. The van der Waals surface area contributed by atoms with E-state index in [9.17, 15) is 9.59 Å². The Balaban J connectivity index is 2.74. The highest BCUT2D eigenvalue weighted by molar-refractivity contribution is 5.86. The second-order valence-electron chi connectivity index (χ2n) is 6.49. The van der Waals surface area contributed by atoms with Crippen LogP contribution in [-0.2, 0) is 9.53 Å². The maximum absolute atomic E-state index is 12.4. The molecule has 0 bridgehead atoms. The van der Waals surface area contributed by atoms with Crippen LogP contribution in [0.3, 0.4) is 0 Å². The molecule has 0 spiro atoms. The second-order valence-corrected chi connectivity index (χ2v) is 6.49. The number of alkyl carbamates (subject to hydrolysis) is 1. The number of amides is 2. The number of carbonyl (C=O) groups excluding carboxylic acids is 2. The van der Waals surface area contributed by atoms with Gasteiger partial charge in [0.05, 0.1) is 0 Å². The minimum Gasteiger partial charge on any atom is -0.444 e. The summed E-state index contributed by atoms with van der Waals surface area (Å²) in [5.74, 6) is -0.224. The summed E-state index contributed by atoms with van der Waals surface area (Å²) in [6, 6.07) is 8.41. The van der Waals surface area contributed by atoms with E-state index >= 15 is 0 Å². The molecule has 5 heteroatoms. The van der Waals surface area contributed by atoms with E-state index < -0.39 is 17.7 Å². The van der Waals surface area contributed by atoms with Gasteiger partial charge in [0, 0.05) is 6.54 Å². The number of carbonyl (C=O) groups is 2. The Bertz CT molecular complexity index is 495. The highest BCUT2D eigenvalue weighted by atomic mass is 16.6. The molecule has 0 aromatic heterocycles. The number of ether oxygens (including phenoxy) is 1. The van der Waals surface area contributed by atoms with Crippen LogP contribution in [0.2, 0.25) is 0 Å². The molecule has 5 nitrogen and oxygen atoms in total. The lowest BCUT2D eigenvalue weighted by Gasteiger charge is -2.23. The first-order valence-electron chi connectivity index (χ1n) is 8.15. The van der Waals surface area contributed by atoms with Crippen LogP contribution in [-0.4, -0.2) is 24.1 Å². The van der Waals surface area contributed by atoms with Crippen molar-refractivity contribution in [3.05, 3.63) is 35.9 Å². The van der Waals surface area contributed by atoms with Crippen LogP contribution in [0, 0.1) is 0 Å². The Kier molecular flexibility index (Phi) is 7.59. The lowest BCUT2D eigenvalue weighted by atomic mass is 10.1. The van der Waals surface area contributed by atoms with Crippen LogP contribution < -0.4 is 10.6 Å². The molecule has 23 heavy (non-hydrogen) atoms. The van der Waals surface area contributed by atoms with E-state index in [1.807, 2.05) is 30.3 Å². The van der Waals surface area contributed by atoms with Crippen LogP contribution in [0.15, 0.2) is 30.3 Å².